The number of aromatic nitrogens is 2. The lowest BCUT2D eigenvalue weighted by atomic mass is 10.2. The van der Waals surface area contributed by atoms with Crippen molar-refractivity contribution in [2.45, 2.75) is 10.8 Å². The Morgan fingerprint density at radius 3 is 2.38 bits per heavy atom. The van der Waals surface area contributed by atoms with Crippen LogP contribution >= 0.6 is 23.4 Å². The van der Waals surface area contributed by atoms with Crippen LogP contribution in [-0.2, 0) is 5.75 Å². The van der Waals surface area contributed by atoms with Crippen molar-refractivity contribution in [1.82, 2.24) is 9.97 Å². The molecule has 0 atom stereocenters. The fourth-order valence-corrected chi connectivity index (χ4v) is 4.45. The van der Waals surface area contributed by atoms with Crippen LogP contribution in [0.4, 0.5) is 20.3 Å². The highest BCUT2D eigenvalue weighted by molar-refractivity contribution is 7.98. The SMILES string of the molecule is Fc1ccc(N2CCN(c3cc(SCc4c(F)cccc4Cl)ncn3)CC2)cc1. The Bertz CT molecular complexity index is 958. The van der Waals surface area contributed by atoms with Gasteiger partial charge in [0.25, 0.3) is 0 Å². The third-order valence-electron chi connectivity index (χ3n) is 4.85. The third kappa shape index (κ3) is 4.79. The lowest BCUT2D eigenvalue weighted by Gasteiger charge is -2.36. The molecule has 0 aliphatic carbocycles. The minimum absolute atomic E-state index is 0.227. The molecule has 1 aliphatic heterocycles. The van der Waals surface area contributed by atoms with Crippen LogP contribution < -0.4 is 9.80 Å². The van der Waals surface area contributed by atoms with E-state index in [1.54, 1.807) is 24.3 Å². The van der Waals surface area contributed by atoms with Gasteiger partial charge in [-0.05, 0) is 36.4 Å². The summed E-state index contributed by atoms with van der Waals surface area (Å²) in [7, 11) is 0. The molecule has 0 amide bonds. The van der Waals surface area contributed by atoms with Crippen LogP contribution in [0.5, 0.6) is 0 Å². The second-order valence-corrected chi connectivity index (χ2v) is 8.06. The highest BCUT2D eigenvalue weighted by atomic mass is 35.5. The highest BCUT2D eigenvalue weighted by Gasteiger charge is 2.19. The van der Waals surface area contributed by atoms with Crippen molar-refractivity contribution in [1.29, 1.82) is 0 Å². The molecule has 1 fully saturated rings. The molecule has 3 aromatic rings. The van der Waals surface area contributed by atoms with Gasteiger partial charge in [0.15, 0.2) is 0 Å². The van der Waals surface area contributed by atoms with E-state index >= 15 is 0 Å². The number of hydrogen-bond donors (Lipinski definition) is 0. The molecule has 4 rings (SSSR count). The molecule has 1 saturated heterocycles. The van der Waals surface area contributed by atoms with Gasteiger partial charge in [-0.15, -0.1) is 11.8 Å². The molecule has 0 radical (unpaired) electrons. The maximum atomic E-state index is 14.0. The summed E-state index contributed by atoms with van der Waals surface area (Å²) in [5.41, 5.74) is 1.50. The number of anilines is 2. The Labute approximate surface area is 177 Å². The van der Waals surface area contributed by atoms with Crippen molar-refractivity contribution in [2.75, 3.05) is 36.0 Å². The molecular weight excluding hydrogens is 414 g/mol. The Kier molecular flexibility index (Phi) is 6.16. The summed E-state index contributed by atoms with van der Waals surface area (Å²) in [6, 6.07) is 13.2. The maximum Gasteiger partial charge on any atom is 0.133 e. The zero-order chi connectivity index (χ0) is 20.2. The Balaban J connectivity index is 1.38. The van der Waals surface area contributed by atoms with Gasteiger partial charge in [-0.3, -0.25) is 0 Å². The highest BCUT2D eigenvalue weighted by Crippen LogP contribution is 2.29. The average Bonchev–Trinajstić information content (AvgIpc) is 2.74. The summed E-state index contributed by atoms with van der Waals surface area (Å²) in [6.07, 6.45) is 1.53. The molecule has 2 heterocycles. The van der Waals surface area contributed by atoms with Crippen molar-refractivity contribution in [3.63, 3.8) is 0 Å². The van der Waals surface area contributed by atoms with E-state index in [1.165, 1.54) is 36.3 Å². The number of piperazine rings is 1. The van der Waals surface area contributed by atoms with Crippen molar-refractivity contribution in [3.8, 4) is 0 Å². The predicted molar refractivity (Wildman–Crippen MR) is 114 cm³/mol. The zero-order valence-corrected chi connectivity index (χ0v) is 17.1. The second kappa shape index (κ2) is 8.97. The summed E-state index contributed by atoms with van der Waals surface area (Å²) < 4.78 is 27.1. The topological polar surface area (TPSA) is 32.3 Å². The molecule has 0 spiro atoms. The minimum atomic E-state index is -0.309. The largest absolute Gasteiger partial charge is 0.368 e. The summed E-state index contributed by atoms with van der Waals surface area (Å²) in [4.78, 5) is 13.1. The van der Waals surface area contributed by atoms with E-state index in [2.05, 4.69) is 19.8 Å². The van der Waals surface area contributed by atoms with Gasteiger partial charge in [0, 0.05) is 54.3 Å². The lowest BCUT2D eigenvalue weighted by Crippen LogP contribution is -2.46. The quantitative estimate of drug-likeness (QED) is 0.417. The molecule has 0 bridgehead atoms. The van der Waals surface area contributed by atoms with E-state index in [0.29, 0.717) is 16.3 Å². The monoisotopic (exact) mass is 432 g/mol. The molecule has 0 N–H and O–H groups in total. The lowest BCUT2D eigenvalue weighted by molar-refractivity contribution is 0.617. The second-order valence-electron chi connectivity index (χ2n) is 6.65. The first-order valence-electron chi connectivity index (χ1n) is 9.23. The molecule has 4 nitrogen and oxygen atoms in total. The molecule has 150 valence electrons. The van der Waals surface area contributed by atoms with Gasteiger partial charge in [-0.2, -0.15) is 0 Å². The number of benzene rings is 2. The van der Waals surface area contributed by atoms with E-state index in [1.807, 2.05) is 6.07 Å². The van der Waals surface area contributed by atoms with E-state index in [9.17, 15) is 8.78 Å². The molecule has 29 heavy (non-hydrogen) atoms. The Morgan fingerprint density at radius 1 is 0.931 bits per heavy atom. The van der Waals surface area contributed by atoms with E-state index in [4.69, 9.17) is 11.6 Å². The number of hydrogen-bond acceptors (Lipinski definition) is 5. The van der Waals surface area contributed by atoms with Crippen LogP contribution in [0.2, 0.25) is 5.02 Å². The third-order valence-corrected chi connectivity index (χ3v) is 6.16. The van der Waals surface area contributed by atoms with Gasteiger partial charge in [-0.25, -0.2) is 18.7 Å². The summed E-state index contributed by atoms with van der Waals surface area (Å²) in [5, 5.41) is 1.19. The first-order chi connectivity index (χ1) is 14.1. The fourth-order valence-electron chi connectivity index (χ4n) is 3.24. The summed E-state index contributed by atoms with van der Waals surface area (Å²) in [5.74, 6) is 0.715. The van der Waals surface area contributed by atoms with Gasteiger partial charge in [0.1, 0.15) is 28.8 Å². The van der Waals surface area contributed by atoms with Gasteiger partial charge in [-0.1, -0.05) is 17.7 Å². The van der Waals surface area contributed by atoms with Crippen LogP contribution in [0.25, 0.3) is 0 Å². The van der Waals surface area contributed by atoms with Gasteiger partial charge < -0.3 is 9.80 Å². The predicted octanol–water partition coefficient (Wildman–Crippen LogP) is 5.03. The smallest absolute Gasteiger partial charge is 0.133 e. The molecule has 0 unspecified atom stereocenters. The summed E-state index contributed by atoms with van der Waals surface area (Å²) in [6.45, 7) is 3.25. The Morgan fingerprint density at radius 2 is 1.66 bits per heavy atom. The standard InChI is InChI=1S/C21H19ClF2N4S/c22-18-2-1-3-19(24)17(18)13-29-21-12-20(25-14-26-21)28-10-8-27(9-11-28)16-6-4-15(23)5-7-16/h1-7,12,14H,8-11,13H2. The van der Waals surface area contributed by atoms with Crippen molar-refractivity contribution >= 4 is 34.9 Å². The molecular formula is C21H19ClF2N4S. The molecule has 2 aromatic carbocycles. The minimum Gasteiger partial charge on any atom is -0.368 e. The van der Waals surface area contributed by atoms with Crippen molar-refractivity contribution in [2.24, 2.45) is 0 Å². The van der Waals surface area contributed by atoms with Crippen molar-refractivity contribution < 1.29 is 8.78 Å². The van der Waals surface area contributed by atoms with Crippen LogP contribution in [-0.4, -0.2) is 36.1 Å². The van der Waals surface area contributed by atoms with Gasteiger partial charge in [0.2, 0.25) is 0 Å². The number of rotatable bonds is 5. The maximum absolute atomic E-state index is 14.0. The van der Waals surface area contributed by atoms with Gasteiger partial charge >= 0.3 is 0 Å². The normalized spacial score (nSPS) is 14.3. The first kappa shape index (κ1) is 19.9. The number of nitrogens with zero attached hydrogens (tertiary/aromatic N) is 4. The number of thioether (sulfide) groups is 1. The molecule has 1 aromatic heterocycles. The fraction of sp³-hybridized carbons (Fsp3) is 0.238. The van der Waals surface area contributed by atoms with Crippen LogP contribution in [0.3, 0.4) is 0 Å². The Hall–Kier alpha value is -2.38. The number of halogens is 3. The van der Waals surface area contributed by atoms with E-state index < -0.39 is 0 Å². The first-order valence-corrected chi connectivity index (χ1v) is 10.6. The molecule has 1 aliphatic rings. The average molecular weight is 433 g/mol. The molecule has 8 heteroatoms. The van der Waals surface area contributed by atoms with Gasteiger partial charge in [0.05, 0.1) is 0 Å². The van der Waals surface area contributed by atoms with Crippen LogP contribution in [0.1, 0.15) is 5.56 Å². The van der Waals surface area contributed by atoms with Crippen LogP contribution in [0, 0.1) is 11.6 Å². The summed E-state index contributed by atoms with van der Waals surface area (Å²) >= 11 is 7.53. The molecule has 0 saturated carbocycles. The van der Waals surface area contributed by atoms with E-state index in [0.717, 1.165) is 42.7 Å². The van der Waals surface area contributed by atoms with E-state index in [-0.39, 0.29) is 11.6 Å². The van der Waals surface area contributed by atoms with Crippen molar-refractivity contribution in [3.05, 3.63) is 77.1 Å². The van der Waals surface area contributed by atoms with Crippen LogP contribution in [0.15, 0.2) is 59.9 Å². The zero-order valence-electron chi connectivity index (χ0n) is 15.6.